The Morgan fingerprint density at radius 1 is 1.12 bits per heavy atom. The first-order valence-corrected chi connectivity index (χ1v) is 11.9. The van der Waals surface area contributed by atoms with Crippen LogP contribution in [0.5, 0.6) is 0 Å². The molecule has 0 aliphatic carbocycles. The van der Waals surface area contributed by atoms with Crippen LogP contribution >= 0.6 is 0 Å². The largest absolute Gasteiger partial charge is 0.362 e. The molecule has 2 atom stereocenters. The highest BCUT2D eigenvalue weighted by atomic mass is 16.1. The fourth-order valence-electron chi connectivity index (χ4n) is 4.25. The first-order valence-electron chi connectivity index (χ1n) is 11.9. The Labute approximate surface area is 196 Å². The lowest BCUT2D eigenvalue weighted by Crippen LogP contribution is -2.40. The summed E-state index contributed by atoms with van der Waals surface area (Å²) >= 11 is 0. The van der Waals surface area contributed by atoms with Crippen molar-refractivity contribution in [3.63, 3.8) is 0 Å². The Bertz CT molecular complexity index is 1020. The number of rotatable bonds is 9. The van der Waals surface area contributed by atoms with Crippen LogP contribution in [-0.2, 0) is 11.3 Å². The molecular weight excluding hydrogens is 410 g/mol. The van der Waals surface area contributed by atoms with E-state index in [1.165, 1.54) is 5.56 Å². The fourth-order valence-corrected chi connectivity index (χ4v) is 4.25. The molecule has 3 N–H and O–H groups in total. The number of carbonyl (C=O) groups is 1. The Morgan fingerprint density at radius 2 is 1.94 bits per heavy atom. The van der Waals surface area contributed by atoms with E-state index in [0.29, 0.717) is 6.54 Å². The van der Waals surface area contributed by atoms with E-state index in [-0.39, 0.29) is 17.9 Å². The maximum Gasteiger partial charge on any atom is 0.224 e. The van der Waals surface area contributed by atoms with E-state index in [2.05, 4.69) is 52.1 Å². The normalized spacial score (nSPS) is 16.7. The predicted molar refractivity (Wildman–Crippen MR) is 133 cm³/mol. The molecule has 1 aliphatic heterocycles. The molecule has 2 heterocycles. The van der Waals surface area contributed by atoms with Crippen molar-refractivity contribution in [2.45, 2.75) is 45.2 Å². The SMILES string of the molecule is CCCC(Nc1cncc(-c2ccc(CNC(=O)C3CCCNC3)cc2)n1)c1ccccc1. The van der Waals surface area contributed by atoms with Crippen LogP contribution in [-0.4, -0.2) is 29.0 Å². The molecule has 0 radical (unpaired) electrons. The summed E-state index contributed by atoms with van der Waals surface area (Å²) in [5.41, 5.74) is 4.16. The van der Waals surface area contributed by atoms with Gasteiger partial charge in [0.05, 0.1) is 30.0 Å². The molecule has 0 saturated carbocycles. The molecule has 3 aromatic rings. The zero-order valence-corrected chi connectivity index (χ0v) is 19.3. The van der Waals surface area contributed by atoms with Crippen molar-refractivity contribution in [1.29, 1.82) is 0 Å². The third-order valence-electron chi connectivity index (χ3n) is 6.12. The van der Waals surface area contributed by atoms with Gasteiger partial charge in [-0.2, -0.15) is 0 Å². The molecule has 1 fully saturated rings. The number of nitrogens with one attached hydrogen (secondary N) is 3. The van der Waals surface area contributed by atoms with Crippen LogP contribution in [0.2, 0.25) is 0 Å². The number of anilines is 1. The van der Waals surface area contributed by atoms with Gasteiger partial charge in [0.1, 0.15) is 5.82 Å². The molecule has 1 amide bonds. The number of hydrogen-bond acceptors (Lipinski definition) is 5. The van der Waals surface area contributed by atoms with E-state index < -0.39 is 0 Å². The van der Waals surface area contributed by atoms with E-state index in [0.717, 1.165) is 61.4 Å². The maximum absolute atomic E-state index is 12.4. The summed E-state index contributed by atoms with van der Waals surface area (Å²) in [6.07, 6.45) is 7.69. The molecule has 6 nitrogen and oxygen atoms in total. The summed E-state index contributed by atoms with van der Waals surface area (Å²) in [4.78, 5) is 21.6. The van der Waals surface area contributed by atoms with Gasteiger partial charge in [0.15, 0.2) is 0 Å². The third-order valence-corrected chi connectivity index (χ3v) is 6.12. The van der Waals surface area contributed by atoms with Crippen molar-refractivity contribution in [3.8, 4) is 11.3 Å². The van der Waals surface area contributed by atoms with E-state index in [1.807, 2.05) is 30.3 Å². The Morgan fingerprint density at radius 3 is 2.67 bits per heavy atom. The first-order chi connectivity index (χ1) is 16.2. The van der Waals surface area contributed by atoms with Crippen LogP contribution in [0.1, 0.15) is 49.8 Å². The Kier molecular flexibility index (Phi) is 8.04. The molecule has 172 valence electrons. The Balaban J connectivity index is 1.39. The second-order valence-corrected chi connectivity index (χ2v) is 8.64. The van der Waals surface area contributed by atoms with Gasteiger partial charge < -0.3 is 16.0 Å². The summed E-state index contributed by atoms with van der Waals surface area (Å²) in [6.45, 7) is 4.52. The number of hydrogen-bond donors (Lipinski definition) is 3. The summed E-state index contributed by atoms with van der Waals surface area (Å²) in [5.74, 6) is 0.985. The lowest BCUT2D eigenvalue weighted by Gasteiger charge is -2.21. The zero-order valence-electron chi connectivity index (χ0n) is 19.3. The molecule has 4 rings (SSSR count). The average molecular weight is 444 g/mol. The topological polar surface area (TPSA) is 78.9 Å². The lowest BCUT2D eigenvalue weighted by molar-refractivity contribution is -0.125. The molecule has 0 bridgehead atoms. The van der Waals surface area contributed by atoms with Gasteiger partial charge in [-0.3, -0.25) is 9.78 Å². The van der Waals surface area contributed by atoms with Gasteiger partial charge in [-0.25, -0.2) is 4.98 Å². The van der Waals surface area contributed by atoms with E-state index in [1.54, 1.807) is 12.4 Å². The quantitative estimate of drug-likeness (QED) is 0.446. The minimum Gasteiger partial charge on any atom is -0.362 e. The monoisotopic (exact) mass is 443 g/mol. The second-order valence-electron chi connectivity index (χ2n) is 8.64. The van der Waals surface area contributed by atoms with Crippen molar-refractivity contribution in [3.05, 3.63) is 78.1 Å². The van der Waals surface area contributed by atoms with Crippen LogP contribution in [0.4, 0.5) is 5.82 Å². The molecular formula is C27H33N5O. The van der Waals surface area contributed by atoms with Gasteiger partial charge >= 0.3 is 0 Å². The van der Waals surface area contributed by atoms with E-state index in [9.17, 15) is 4.79 Å². The zero-order chi connectivity index (χ0) is 22.9. The number of piperidine rings is 1. The fraction of sp³-hybridized carbons (Fsp3) is 0.370. The highest BCUT2D eigenvalue weighted by Crippen LogP contribution is 2.24. The summed E-state index contributed by atoms with van der Waals surface area (Å²) in [7, 11) is 0. The van der Waals surface area contributed by atoms with Crippen molar-refractivity contribution in [2.24, 2.45) is 5.92 Å². The predicted octanol–water partition coefficient (Wildman–Crippen LogP) is 4.71. The summed E-state index contributed by atoms with van der Waals surface area (Å²) in [6, 6.07) is 18.8. The van der Waals surface area contributed by atoms with Crippen molar-refractivity contribution in [1.82, 2.24) is 20.6 Å². The highest BCUT2D eigenvalue weighted by Gasteiger charge is 2.20. The highest BCUT2D eigenvalue weighted by molar-refractivity contribution is 5.79. The van der Waals surface area contributed by atoms with Crippen molar-refractivity contribution < 1.29 is 4.79 Å². The molecule has 0 spiro atoms. The number of aromatic nitrogens is 2. The van der Waals surface area contributed by atoms with E-state index in [4.69, 9.17) is 4.98 Å². The van der Waals surface area contributed by atoms with Crippen molar-refractivity contribution >= 4 is 11.7 Å². The number of amides is 1. The van der Waals surface area contributed by atoms with Gasteiger partial charge in [0, 0.05) is 18.7 Å². The lowest BCUT2D eigenvalue weighted by atomic mass is 9.99. The summed E-state index contributed by atoms with van der Waals surface area (Å²) < 4.78 is 0. The van der Waals surface area contributed by atoms with Crippen LogP contribution in [0.25, 0.3) is 11.3 Å². The molecule has 1 saturated heterocycles. The maximum atomic E-state index is 12.4. The van der Waals surface area contributed by atoms with Crippen LogP contribution in [0.3, 0.4) is 0 Å². The molecule has 1 aromatic heterocycles. The van der Waals surface area contributed by atoms with Crippen LogP contribution < -0.4 is 16.0 Å². The van der Waals surface area contributed by atoms with Crippen LogP contribution in [0.15, 0.2) is 67.0 Å². The second kappa shape index (κ2) is 11.6. The minimum atomic E-state index is 0.0796. The number of nitrogens with zero attached hydrogens (tertiary/aromatic N) is 2. The Hall–Kier alpha value is -3.25. The van der Waals surface area contributed by atoms with Gasteiger partial charge in [0.2, 0.25) is 5.91 Å². The molecule has 33 heavy (non-hydrogen) atoms. The van der Waals surface area contributed by atoms with Crippen molar-refractivity contribution in [2.75, 3.05) is 18.4 Å². The first kappa shape index (κ1) is 22.9. The van der Waals surface area contributed by atoms with Gasteiger partial charge in [-0.15, -0.1) is 0 Å². The average Bonchev–Trinajstić information content (AvgIpc) is 2.88. The molecule has 6 heteroatoms. The molecule has 2 unspecified atom stereocenters. The van der Waals surface area contributed by atoms with Gasteiger partial charge in [-0.1, -0.05) is 67.9 Å². The molecule has 1 aliphatic rings. The standard InChI is InChI=1S/C27H33N5O/c1-2-7-24(21-8-4-3-5-9-21)31-26-19-29-18-25(32-26)22-13-11-20(12-14-22)16-30-27(33)23-10-6-15-28-17-23/h3-5,8-9,11-14,18-19,23-24,28H,2,6-7,10,15-17H2,1H3,(H,30,33)(H,31,32). The van der Waals surface area contributed by atoms with Crippen LogP contribution in [0, 0.1) is 5.92 Å². The van der Waals surface area contributed by atoms with Gasteiger partial charge in [0.25, 0.3) is 0 Å². The number of benzene rings is 2. The third kappa shape index (κ3) is 6.39. The summed E-state index contributed by atoms with van der Waals surface area (Å²) in [5, 5.41) is 9.92. The smallest absolute Gasteiger partial charge is 0.224 e. The molecule has 2 aromatic carbocycles. The van der Waals surface area contributed by atoms with Gasteiger partial charge in [-0.05, 0) is 36.9 Å². The minimum absolute atomic E-state index is 0.0796. The number of carbonyl (C=O) groups excluding carboxylic acids is 1. The van der Waals surface area contributed by atoms with E-state index >= 15 is 0 Å².